The minimum absolute atomic E-state index is 0.0864. The maximum absolute atomic E-state index is 13.6. The maximum atomic E-state index is 13.6. The lowest BCUT2D eigenvalue weighted by Crippen LogP contribution is -2.14. The van der Waals surface area contributed by atoms with Gasteiger partial charge in [0.1, 0.15) is 5.82 Å². The molecule has 1 amide bonds. The summed E-state index contributed by atoms with van der Waals surface area (Å²) in [5.41, 5.74) is 0.776. The number of amides is 1. The van der Waals surface area contributed by atoms with E-state index in [2.05, 4.69) is 15.6 Å². The molecule has 1 aromatic heterocycles. The van der Waals surface area contributed by atoms with Crippen molar-refractivity contribution in [2.45, 2.75) is 13.1 Å². The van der Waals surface area contributed by atoms with Crippen LogP contribution in [0.3, 0.4) is 0 Å². The molecule has 0 saturated heterocycles. The molecule has 0 unspecified atom stereocenters. The normalized spacial score (nSPS) is 13.4. The Morgan fingerprint density at radius 3 is 3.05 bits per heavy atom. The number of anilines is 1. The van der Waals surface area contributed by atoms with E-state index in [9.17, 15) is 9.18 Å². The summed E-state index contributed by atoms with van der Waals surface area (Å²) in [5, 5.41) is 6.29. The second-order valence-electron chi connectivity index (χ2n) is 4.04. The molecule has 2 aromatic rings. The van der Waals surface area contributed by atoms with Crippen LogP contribution in [0.4, 0.5) is 9.52 Å². The number of halogens is 2. The number of hydrogen-bond acceptors (Lipinski definition) is 4. The van der Waals surface area contributed by atoms with Crippen LogP contribution in [-0.4, -0.2) is 10.9 Å². The van der Waals surface area contributed by atoms with Gasteiger partial charge in [-0.25, -0.2) is 9.37 Å². The van der Waals surface area contributed by atoms with Crippen LogP contribution < -0.4 is 10.6 Å². The number of nitrogens with zero attached hydrogens (tertiary/aromatic N) is 1. The summed E-state index contributed by atoms with van der Waals surface area (Å²) < 4.78 is 13.6. The Morgan fingerprint density at radius 1 is 1.47 bits per heavy atom. The van der Waals surface area contributed by atoms with E-state index in [0.717, 1.165) is 17.1 Å². The number of nitrogens with one attached hydrogen (secondary N) is 2. The first-order chi connectivity index (χ1) is 9.15. The van der Waals surface area contributed by atoms with Gasteiger partial charge >= 0.3 is 0 Å². The van der Waals surface area contributed by atoms with Crippen LogP contribution in [0.2, 0.25) is 5.02 Å². The molecule has 19 heavy (non-hydrogen) atoms. The smallest absolute Gasteiger partial charge is 0.261 e. The Hall–Kier alpha value is -1.50. The summed E-state index contributed by atoms with van der Waals surface area (Å²) >= 11 is 7.22. The third kappa shape index (κ3) is 2.34. The summed E-state index contributed by atoms with van der Waals surface area (Å²) in [6, 6.07) is 4.13. The van der Waals surface area contributed by atoms with Crippen molar-refractivity contribution in [2.75, 3.05) is 5.32 Å². The van der Waals surface area contributed by atoms with Crippen LogP contribution in [0.1, 0.15) is 20.9 Å². The molecule has 0 atom stereocenters. The fourth-order valence-electron chi connectivity index (χ4n) is 1.88. The van der Waals surface area contributed by atoms with E-state index in [1.807, 2.05) is 0 Å². The number of carbonyl (C=O) groups is 1. The fourth-order valence-corrected chi connectivity index (χ4v) is 3.07. The van der Waals surface area contributed by atoms with Crippen molar-refractivity contribution in [3.8, 4) is 0 Å². The highest BCUT2D eigenvalue weighted by Crippen LogP contribution is 2.27. The molecule has 2 heterocycles. The van der Waals surface area contributed by atoms with Crippen molar-refractivity contribution in [2.24, 2.45) is 0 Å². The minimum atomic E-state index is -0.643. The van der Waals surface area contributed by atoms with Gasteiger partial charge in [-0.3, -0.25) is 10.1 Å². The maximum Gasteiger partial charge on any atom is 0.261 e. The van der Waals surface area contributed by atoms with Crippen LogP contribution in [0.5, 0.6) is 0 Å². The largest absolute Gasteiger partial charge is 0.306 e. The molecule has 1 aromatic carbocycles. The Bertz CT molecular complexity index is 617. The Morgan fingerprint density at radius 2 is 2.32 bits per heavy atom. The van der Waals surface area contributed by atoms with E-state index in [0.29, 0.717) is 11.7 Å². The molecule has 0 saturated carbocycles. The van der Waals surface area contributed by atoms with Gasteiger partial charge in [-0.05, 0) is 12.1 Å². The molecule has 4 nitrogen and oxygen atoms in total. The third-order valence-corrected chi connectivity index (χ3v) is 4.09. The molecule has 2 N–H and O–H groups in total. The molecule has 1 aliphatic heterocycles. The van der Waals surface area contributed by atoms with Crippen molar-refractivity contribution in [1.82, 2.24) is 10.3 Å². The summed E-state index contributed by atoms with van der Waals surface area (Å²) in [7, 11) is 0. The van der Waals surface area contributed by atoms with Gasteiger partial charge in [-0.15, -0.1) is 11.3 Å². The quantitative estimate of drug-likeness (QED) is 0.896. The zero-order valence-corrected chi connectivity index (χ0v) is 11.2. The number of carbonyl (C=O) groups excluding carboxylic acids is 1. The molecular formula is C12H9ClFN3OS. The highest BCUT2D eigenvalue weighted by atomic mass is 35.5. The number of benzene rings is 1. The van der Waals surface area contributed by atoms with Crippen molar-refractivity contribution in [3.05, 3.63) is 45.2 Å². The zero-order valence-electron chi connectivity index (χ0n) is 9.67. The van der Waals surface area contributed by atoms with Crippen molar-refractivity contribution >= 4 is 34.0 Å². The third-order valence-electron chi connectivity index (χ3n) is 2.77. The van der Waals surface area contributed by atoms with Crippen molar-refractivity contribution in [1.29, 1.82) is 0 Å². The number of aromatic nitrogens is 1. The van der Waals surface area contributed by atoms with E-state index in [4.69, 9.17) is 11.6 Å². The lowest BCUT2D eigenvalue weighted by molar-refractivity contribution is 0.102. The van der Waals surface area contributed by atoms with Crippen LogP contribution in [0.15, 0.2) is 18.2 Å². The molecule has 98 valence electrons. The molecule has 7 heteroatoms. The zero-order chi connectivity index (χ0) is 13.4. The van der Waals surface area contributed by atoms with Crippen molar-refractivity contribution in [3.63, 3.8) is 0 Å². The van der Waals surface area contributed by atoms with Crippen LogP contribution in [0, 0.1) is 5.82 Å². The molecular weight excluding hydrogens is 289 g/mol. The van der Waals surface area contributed by atoms with Gasteiger partial charge in [0.05, 0.1) is 16.3 Å². The average Bonchev–Trinajstić information content (AvgIpc) is 2.89. The van der Waals surface area contributed by atoms with E-state index >= 15 is 0 Å². The predicted octanol–water partition coefficient (Wildman–Crippen LogP) is 2.79. The van der Waals surface area contributed by atoms with E-state index in [-0.39, 0.29) is 10.6 Å². The molecule has 0 fully saturated rings. The monoisotopic (exact) mass is 297 g/mol. The Labute approximate surface area is 117 Å². The number of rotatable bonds is 2. The first-order valence-electron chi connectivity index (χ1n) is 5.60. The highest BCUT2D eigenvalue weighted by molar-refractivity contribution is 7.15. The van der Waals surface area contributed by atoms with Gasteiger partial charge < -0.3 is 5.32 Å². The van der Waals surface area contributed by atoms with Crippen molar-refractivity contribution < 1.29 is 9.18 Å². The fraction of sp³-hybridized carbons (Fsp3) is 0.167. The number of thiazole rings is 1. The predicted molar refractivity (Wildman–Crippen MR) is 72.0 cm³/mol. The lowest BCUT2D eigenvalue weighted by Gasteiger charge is -2.05. The summed E-state index contributed by atoms with van der Waals surface area (Å²) in [6.45, 7) is 1.45. The number of hydrogen-bond donors (Lipinski definition) is 2. The highest BCUT2D eigenvalue weighted by Gasteiger charge is 2.20. The molecule has 0 aliphatic carbocycles. The summed E-state index contributed by atoms with van der Waals surface area (Å²) in [4.78, 5) is 17.4. The van der Waals surface area contributed by atoms with Crippen LogP contribution in [0.25, 0.3) is 0 Å². The Kier molecular flexibility index (Phi) is 3.22. The first-order valence-corrected chi connectivity index (χ1v) is 6.79. The van der Waals surface area contributed by atoms with Gasteiger partial charge in [0.25, 0.3) is 5.91 Å². The minimum Gasteiger partial charge on any atom is -0.306 e. The average molecular weight is 298 g/mol. The summed E-state index contributed by atoms with van der Waals surface area (Å²) in [5.74, 6) is -1.22. The van der Waals surface area contributed by atoms with E-state index in [1.54, 1.807) is 0 Å². The van der Waals surface area contributed by atoms with Gasteiger partial charge in [0.2, 0.25) is 0 Å². The van der Waals surface area contributed by atoms with E-state index < -0.39 is 11.7 Å². The van der Waals surface area contributed by atoms with Crippen LogP contribution >= 0.6 is 22.9 Å². The molecule has 3 rings (SSSR count). The van der Waals surface area contributed by atoms with E-state index in [1.165, 1.54) is 29.5 Å². The van der Waals surface area contributed by atoms with Gasteiger partial charge in [-0.2, -0.15) is 0 Å². The molecule has 1 aliphatic rings. The second kappa shape index (κ2) is 4.88. The first kappa shape index (κ1) is 12.5. The molecule has 0 bridgehead atoms. The molecule has 0 radical (unpaired) electrons. The molecule has 0 spiro atoms. The SMILES string of the molecule is O=C(Nc1nc2c(s1)CNC2)c1c(F)cccc1Cl. The lowest BCUT2D eigenvalue weighted by atomic mass is 10.2. The Balaban J connectivity index is 1.84. The van der Waals surface area contributed by atoms with Gasteiger partial charge in [-0.1, -0.05) is 17.7 Å². The topological polar surface area (TPSA) is 54.0 Å². The number of fused-ring (bicyclic) bond motifs is 1. The second-order valence-corrected chi connectivity index (χ2v) is 5.53. The summed E-state index contributed by atoms with van der Waals surface area (Å²) in [6.07, 6.45) is 0. The van der Waals surface area contributed by atoms with Gasteiger partial charge in [0, 0.05) is 18.0 Å². The van der Waals surface area contributed by atoms with Crippen LogP contribution in [-0.2, 0) is 13.1 Å². The van der Waals surface area contributed by atoms with Gasteiger partial charge in [0.15, 0.2) is 5.13 Å². The standard InChI is InChI=1S/C12H9ClFN3OS/c13-6-2-1-3-7(14)10(6)11(18)17-12-16-8-4-15-5-9(8)19-12/h1-3,15H,4-5H2,(H,16,17,18).